The molecule has 1 saturated heterocycles. The molecule has 2 aliphatic rings. The molecule has 2 aromatic carbocycles. The summed E-state index contributed by atoms with van der Waals surface area (Å²) in [5.74, 6) is 0.951. The van der Waals surface area contributed by atoms with Gasteiger partial charge < -0.3 is 14.8 Å². The van der Waals surface area contributed by atoms with E-state index in [0.717, 1.165) is 30.5 Å². The van der Waals surface area contributed by atoms with Gasteiger partial charge in [0.1, 0.15) is 11.8 Å². The lowest BCUT2D eigenvalue weighted by molar-refractivity contribution is -0.124. The number of rotatable bonds is 6. The molecule has 0 bridgehead atoms. The fourth-order valence-electron chi connectivity index (χ4n) is 4.32. The molecule has 160 valence electrons. The molecule has 0 radical (unpaired) electrons. The second-order valence-electron chi connectivity index (χ2n) is 7.85. The Morgan fingerprint density at radius 3 is 2.77 bits per heavy atom. The average Bonchev–Trinajstić information content (AvgIpc) is 3.48. The fourth-order valence-corrected chi connectivity index (χ4v) is 4.32. The second-order valence-corrected chi connectivity index (χ2v) is 7.85. The lowest BCUT2D eigenvalue weighted by Crippen LogP contribution is -2.37. The van der Waals surface area contributed by atoms with Crippen LogP contribution in [0.1, 0.15) is 25.3 Å². The molecule has 3 aromatic rings. The van der Waals surface area contributed by atoms with Crippen molar-refractivity contribution in [2.75, 3.05) is 30.5 Å². The minimum atomic E-state index is -0.637. The number of para-hydroxylation sites is 2. The highest BCUT2D eigenvalue weighted by molar-refractivity contribution is 6.05. The van der Waals surface area contributed by atoms with E-state index >= 15 is 0 Å². The van der Waals surface area contributed by atoms with Gasteiger partial charge in [0, 0.05) is 12.3 Å². The first kappa shape index (κ1) is 19.6. The molecule has 3 heterocycles. The summed E-state index contributed by atoms with van der Waals surface area (Å²) in [6, 6.07) is 14.2. The molecule has 2 aliphatic heterocycles. The van der Waals surface area contributed by atoms with Gasteiger partial charge >= 0.3 is 0 Å². The summed E-state index contributed by atoms with van der Waals surface area (Å²) in [4.78, 5) is 32.5. The molecule has 0 saturated carbocycles. The average molecular weight is 420 g/mol. The van der Waals surface area contributed by atoms with E-state index in [9.17, 15) is 9.59 Å². The van der Waals surface area contributed by atoms with Gasteiger partial charge in [-0.1, -0.05) is 12.1 Å². The van der Waals surface area contributed by atoms with Crippen molar-refractivity contribution >= 4 is 34.5 Å². The summed E-state index contributed by atoms with van der Waals surface area (Å²) in [6.07, 6.45) is 1.95. The number of hydrogen-bond acceptors (Lipinski definition) is 5. The van der Waals surface area contributed by atoms with E-state index < -0.39 is 6.04 Å². The number of imidazole rings is 1. The van der Waals surface area contributed by atoms with Crippen LogP contribution in [-0.4, -0.2) is 47.7 Å². The maximum atomic E-state index is 13.3. The van der Waals surface area contributed by atoms with Gasteiger partial charge in [0.15, 0.2) is 0 Å². The van der Waals surface area contributed by atoms with Crippen LogP contribution in [0.3, 0.4) is 0 Å². The van der Waals surface area contributed by atoms with Crippen LogP contribution in [-0.2, 0) is 14.3 Å². The van der Waals surface area contributed by atoms with Gasteiger partial charge in [-0.25, -0.2) is 4.98 Å². The number of nitrogens with one attached hydrogen (secondary N) is 1. The van der Waals surface area contributed by atoms with Crippen molar-refractivity contribution in [3.05, 3.63) is 48.5 Å². The van der Waals surface area contributed by atoms with E-state index in [0.29, 0.717) is 23.9 Å². The van der Waals surface area contributed by atoms with E-state index in [-0.39, 0.29) is 24.3 Å². The Bertz CT molecular complexity index is 1120. The van der Waals surface area contributed by atoms with Crippen LogP contribution in [0.25, 0.3) is 11.0 Å². The van der Waals surface area contributed by atoms with Crippen LogP contribution < -0.4 is 15.0 Å². The molecule has 5 rings (SSSR count). The first-order valence-corrected chi connectivity index (χ1v) is 10.5. The molecule has 2 unspecified atom stereocenters. The Kier molecular flexibility index (Phi) is 5.07. The first-order valence-electron chi connectivity index (χ1n) is 10.5. The third-order valence-corrected chi connectivity index (χ3v) is 5.84. The number of benzene rings is 2. The number of nitrogens with zero attached hydrogens (tertiary/aromatic N) is 3. The Morgan fingerprint density at radius 2 is 2.03 bits per heavy atom. The van der Waals surface area contributed by atoms with Crippen molar-refractivity contribution in [3.8, 4) is 5.75 Å². The van der Waals surface area contributed by atoms with Gasteiger partial charge in [0.05, 0.1) is 37.2 Å². The molecular formula is C23H24N4O4. The maximum absolute atomic E-state index is 13.3. The minimum Gasteiger partial charge on any atom is -0.497 e. The molecular weight excluding hydrogens is 396 g/mol. The summed E-state index contributed by atoms with van der Waals surface area (Å²) in [5, 5.41) is 2.88. The number of hydrogen-bond donors (Lipinski definition) is 1. The molecule has 8 heteroatoms. The van der Waals surface area contributed by atoms with Crippen LogP contribution in [0, 0.1) is 0 Å². The number of fused-ring (bicyclic) bond motifs is 3. The summed E-state index contributed by atoms with van der Waals surface area (Å²) < 4.78 is 12.8. The topological polar surface area (TPSA) is 85.7 Å². The molecule has 0 spiro atoms. The van der Waals surface area contributed by atoms with Gasteiger partial charge in [0.2, 0.25) is 11.9 Å². The van der Waals surface area contributed by atoms with E-state index in [1.54, 1.807) is 36.3 Å². The summed E-state index contributed by atoms with van der Waals surface area (Å²) >= 11 is 0. The van der Waals surface area contributed by atoms with E-state index in [4.69, 9.17) is 14.5 Å². The van der Waals surface area contributed by atoms with Crippen molar-refractivity contribution in [2.45, 2.75) is 31.4 Å². The number of carbonyl (C=O) groups is 2. The minimum absolute atomic E-state index is 0.00379. The highest BCUT2D eigenvalue weighted by atomic mass is 16.5. The van der Waals surface area contributed by atoms with Gasteiger partial charge in [-0.3, -0.25) is 19.1 Å². The predicted octanol–water partition coefficient (Wildman–Crippen LogP) is 3.14. The van der Waals surface area contributed by atoms with Crippen molar-refractivity contribution < 1.29 is 19.1 Å². The predicted molar refractivity (Wildman–Crippen MR) is 116 cm³/mol. The monoisotopic (exact) mass is 420 g/mol. The zero-order valence-corrected chi connectivity index (χ0v) is 17.3. The quantitative estimate of drug-likeness (QED) is 0.662. The Balaban J connectivity index is 1.41. The zero-order valence-electron chi connectivity index (χ0n) is 17.3. The maximum Gasteiger partial charge on any atom is 0.253 e. The number of ether oxygens (including phenoxy) is 2. The van der Waals surface area contributed by atoms with Crippen molar-refractivity contribution in [1.82, 2.24) is 9.55 Å². The number of aromatic nitrogens is 2. The normalized spacial score (nSPS) is 20.3. The molecule has 1 N–H and O–H groups in total. The first-order chi connectivity index (χ1) is 15.1. The molecule has 31 heavy (non-hydrogen) atoms. The third-order valence-electron chi connectivity index (χ3n) is 5.84. The molecule has 2 atom stereocenters. The van der Waals surface area contributed by atoms with Crippen molar-refractivity contribution in [3.63, 3.8) is 0 Å². The Labute approximate surface area is 179 Å². The van der Waals surface area contributed by atoms with Gasteiger partial charge in [-0.05, 0) is 49.2 Å². The lowest BCUT2D eigenvalue weighted by Gasteiger charge is -2.19. The number of amides is 2. The van der Waals surface area contributed by atoms with E-state index in [2.05, 4.69) is 5.32 Å². The summed E-state index contributed by atoms with van der Waals surface area (Å²) in [7, 11) is 1.59. The lowest BCUT2D eigenvalue weighted by atomic mass is 10.1. The Morgan fingerprint density at radius 1 is 1.23 bits per heavy atom. The number of methoxy groups -OCH3 is 1. The van der Waals surface area contributed by atoms with Crippen LogP contribution in [0.4, 0.5) is 11.6 Å². The summed E-state index contributed by atoms with van der Waals surface area (Å²) in [5.41, 5.74) is 2.31. The highest BCUT2D eigenvalue weighted by Crippen LogP contribution is 2.37. The van der Waals surface area contributed by atoms with E-state index in [1.807, 2.05) is 28.8 Å². The van der Waals surface area contributed by atoms with E-state index in [1.165, 1.54) is 0 Å². The Hall–Kier alpha value is -3.39. The van der Waals surface area contributed by atoms with Crippen LogP contribution in [0.2, 0.25) is 0 Å². The SMILES string of the molecule is COc1ccc(NC(=O)CC2C(=O)N(CC3CCCO3)c3nc4ccccc4n32)cc1. The highest BCUT2D eigenvalue weighted by Gasteiger charge is 2.42. The van der Waals surface area contributed by atoms with Gasteiger partial charge in [-0.2, -0.15) is 0 Å². The molecule has 8 nitrogen and oxygen atoms in total. The van der Waals surface area contributed by atoms with Gasteiger partial charge in [0.25, 0.3) is 5.91 Å². The third kappa shape index (κ3) is 3.63. The summed E-state index contributed by atoms with van der Waals surface area (Å²) in [6.45, 7) is 1.18. The number of carbonyl (C=O) groups excluding carboxylic acids is 2. The van der Waals surface area contributed by atoms with Gasteiger partial charge in [-0.15, -0.1) is 0 Å². The molecule has 1 aromatic heterocycles. The van der Waals surface area contributed by atoms with Crippen LogP contribution >= 0.6 is 0 Å². The fraction of sp³-hybridized carbons (Fsp3) is 0.348. The largest absolute Gasteiger partial charge is 0.497 e. The van der Waals surface area contributed by atoms with Crippen LogP contribution in [0.15, 0.2) is 48.5 Å². The molecule has 2 amide bonds. The standard InChI is InChI=1S/C23H24N4O4/c1-30-16-10-8-15(9-11-16)24-21(28)13-20-22(29)26(14-17-5-4-12-31-17)23-25-18-6-2-3-7-19(18)27(20)23/h2-3,6-11,17,20H,4-5,12-14H2,1H3,(H,24,28). The van der Waals surface area contributed by atoms with Crippen molar-refractivity contribution in [2.24, 2.45) is 0 Å². The van der Waals surface area contributed by atoms with Crippen molar-refractivity contribution in [1.29, 1.82) is 0 Å². The molecule has 1 fully saturated rings. The smallest absolute Gasteiger partial charge is 0.253 e. The second kappa shape index (κ2) is 8.03. The molecule has 0 aliphatic carbocycles. The van der Waals surface area contributed by atoms with Crippen LogP contribution in [0.5, 0.6) is 5.75 Å². The number of anilines is 2. The zero-order chi connectivity index (χ0) is 21.4.